The zero-order valence-electron chi connectivity index (χ0n) is 13.6. The van der Waals surface area contributed by atoms with Crippen LogP contribution in [-0.2, 0) is 19.6 Å². The van der Waals surface area contributed by atoms with E-state index in [4.69, 9.17) is 0 Å². The molecule has 0 heterocycles. The normalized spacial score (nSPS) is 11.0. The maximum atomic E-state index is 13.0. The second-order valence-electron chi connectivity index (χ2n) is 4.91. The Kier molecular flexibility index (Phi) is 7.96. The minimum Gasteiger partial charge on any atom is -0.351 e. The number of nitrogens with zero attached hydrogens (tertiary/aromatic N) is 1. The molecule has 0 aliphatic carbocycles. The number of carbonyl (C=O) groups excluding carboxylic acids is 2. The van der Waals surface area contributed by atoms with Crippen LogP contribution in [0.15, 0.2) is 54.5 Å². The van der Waals surface area contributed by atoms with Gasteiger partial charge in [-0.2, -0.15) is 4.31 Å². The second-order valence-corrected chi connectivity index (χ2v) is 6.85. The molecule has 0 spiro atoms. The molecular formula is C16H20FN3O4S. The molecule has 9 heteroatoms. The van der Waals surface area contributed by atoms with Crippen LogP contribution in [0.1, 0.15) is 0 Å². The number of nitrogens with one attached hydrogen (secondary N) is 2. The first-order valence-electron chi connectivity index (χ1n) is 7.32. The van der Waals surface area contributed by atoms with Crippen molar-refractivity contribution in [3.63, 3.8) is 0 Å². The van der Waals surface area contributed by atoms with Gasteiger partial charge in [0, 0.05) is 13.1 Å². The summed E-state index contributed by atoms with van der Waals surface area (Å²) in [5.41, 5.74) is 0. The molecule has 136 valence electrons. The SMILES string of the molecule is C=CCNC(=O)CN(CC(=O)NCC=C)S(=O)(=O)c1ccc(F)cc1. The standard InChI is InChI=1S/C16H20FN3O4S/c1-3-9-18-15(21)11-20(12-16(22)19-10-4-2)25(23,24)14-7-5-13(17)6-8-14/h3-8H,1-2,9-12H2,(H,18,21)(H,19,22). The Morgan fingerprint density at radius 3 is 1.84 bits per heavy atom. The molecule has 25 heavy (non-hydrogen) atoms. The summed E-state index contributed by atoms with van der Waals surface area (Å²) < 4.78 is 39.1. The molecule has 2 N–H and O–H groups in total. The molecule has 0 atom stereocenters. The first kappa shape index (κ1) is 20.5. The predicted molar refractivity (Wildman–Crippen MR) is 91.6 cm³/mol. The van der Waals surface area contributed by atoms with Crippen molar-refractivity contribution in [1.82, 2.24) is 14.9 Å². The zero-order valence-corrected chi connectivity index (χ0v) is 14.4. The minimum absolute atomic E-state index is 0.159. The summed E-state index contributed by atoms with van der Waals surface area (Å²) in [6, 6.07) is 4.11. The maximum Gasteiger partial charge on any atom is 0.244 e. The van der Waals surface area contributed by atoms with Gasteiger partial charge in [0.05, 0.1) is 18.0 Å². The molecule has 1 aromatic rings. The molecule has 0 aromatic heterocycles. The third kappa shape index (κ3) is 6.48. The number of rotatable bonds is 10. The Morgan fingerprint density at radius 2 is 1.44 bits per heavy atom. The lowest BCUT2D eigenvalue weighted by Crippen LogP contribution is -2.45. The van der Waals surface area contributed by atoms with E-state index in [1.165, 1.54) is 12.2 Å². The summed E-state index contributed by atoms with van der Waals surface area (Å²) in [5.74, 6) is -1.79. The van der Waals surface area contributed by atoms with E-state index in [0.717, 1.165) is 28.6 Å². The first-order valence-corrected chi connectivity index (χ1v) is 8.76. The van der Waals surface area contributed by atoms with Crippen LogP contribution in [0.2, 0.25) is 0 Å². The van der Waals surface area contributed by atoms with Crippen LogP contribution in [0.25, 0.3) is 0 Å². The fourth-order valence-corrected chi connectivity index (χ4v) is 3.14. The molecule has 0 aliphatic rings. The Balaban J connectivity index is 3.03. The average molecular weight is 369 g/mol. The van der Waals surface area contributed by atoms with E-state index in [1.54, 1.807) is 0 Å². The van der Waals surface area contributed by atoms with Gasteiger partial charge in [0.25, 0.3) is 0 Å². The molecule has 1 aromatic carbocycles. The van der Waals surface area contributed by atoms with Crippen molar-refractivity contribution in [2.45, 2.75) is 4.90 Å². The molecule has 0 fully saturated rings. The van der Waals surface area contributed by atoms with Crippen LogP contribution in [-0.4, -0.2) is 50.7 Å². The van der Waals surface area contributed by atoms with E-state index < -0.39 is 40.7 Å². The van der Waals surface area contributed by atoms with E-state index in [0.29, 0.717) is 0 Å². The van der Waals surface area contributed by atoms with Crippen LogP contribution in [0.4, 0.5) is 4.39 Å². The monoisotopic (exact) mass is 369 g/mol. The Bertz CT molecular complexity index is 706. The molecule has 0 saturated carbocycles. The lowest BCUT2D eigenvalue weighted by atomic mass is 10.4. The van der Waals surface area contributed by atoms with Crippen molar-refractivity contribution in [2.24, 2.45) is 0 Å². The van der Waals surface area contributed by atoms with E-state index in [1.807, 2.05) is 0 Å². The van der Waals surface area contributed by atoms with Gasteiger partial charge in [-0.1, -0.05) is 12.2 Å². The highest BCUT2D eigenvalue weighted by atomic mass is 32.2. The Hall–Kier alpha value is -2.52. The fourth-order valence-electron chi connectivity index (χ4n) is 1.79. The Labute approximate surface area is 146 Å². The Morgan fingerprint density at radius 1 is 1.00 bits per heavy atom. The molecular weight excluding hydrogens is 349 g/mol. The van der Waals surface area contributed by atoms with Crippen molar-refractivity contribution < 1.29 is 22.4 Å². The van der Waals surface area contributed by atoms with Crippen LogP contribution < -0.4 is 10.6 Å². The number of amides is 2. The summed E-state index contributed by atoms with van der Waals surface area (Å²) in [6.07, 6.45) is 2.88. The van der Waals surface area contributed by atoms with Gasteiger partial charge in [0.1, 0.15) is 5.82 Å². The maximum absolute atomic E-state index is 13.0. The van der Waals surface area contributed by atoms with Crippen LogP contribution >= 0.6 is 0 Å². The van der Waals surface area contributed by atoms with Crippen molar-refractivity contribution >= 4 is 21.8 Å². The molecule has 0 saturated heterocycles. The number of hydrogen-bond acceptors (Lipinski definition) is 4. The van der Waals surface area contributed by atoms with Crippen molar-refractivity contribution in [3.8, 4) is 0 Å². The summed E-state index contributed by atoms with van der Waals surface area (Å²) in [7, 11) is -4.16. The largest absolute Gasteiger partial charge is 0.351 e. The van der Waals surface area contributed by atoms with Gasteiger partial charge in [-0.15, -0.1) is 13.2 Å². The topological polar surface area (TPSA) is 95.6 Å². The van der Waals surface area contributed by atoms with Crippen molar-refractivity contribution in [1.29, 1.82) is 0 Å². The number of sulfonamides is 1. The van der Waals surface area contributed by atoms with E-state index in [9.17, 15) is 22.4 Å². The molecule has 1 rings (SSSR count). The van der Waals surface area contributed by atoms with Gasteiger partial charge in [0.15, 0.2) is 0 Å². The highest BCUT2D eigenvalue weighted by Crippen LogP contribution is 2.16. The molecule has 0 bridgehead atoms. The second kappa shape index (κ2) is 9.70. The van der Waals surface area contributed by atoms with Gasteiger partial charge >= 0.3 is 0 Å². The highest BCUT2D eigenvalue weighted by molar-refractivity contribution is 7.89. The van der Waals surface area contributed by atoms with Crippen molar-refractivity contribution in [2.75, 3.05) is 26.2 Å². The van der Waals surface area contributed by atoms with Gasteiger partial charge in [-0.25, -0.2) is 12.8 Å². The number of hydrogen-bond donors (Lipinski definition) is 2. The quantitative estimate of drug-likeness (QED) is 0.585. The zero-order chi connectivity index (χ0) is 18.9. The smallest absolute Gasteiger partial charge is 0.244 e. The van der Waals surface area contributed by atoms with E-state index in [2.05, 4.69) is 23.8 Å². The lowest BCUT2D eigenvalue weighted by Gasteiger charge is -2.21. The third-order valence-electron chi connectivity index (χ3n) is 2.98. The number of halogens is 1. The average Bonchev–Trinajstić information content (AvgIpc) is 2.57. The van der Waals surface area contributed by atoms with E-state index >= 15 is 0 Å². The first-order chi connectivity index (χ1) is 11.8. The predicted octanol–water partition coefficient (Wildman–Crippen LogP) is 0.421. The van der Waals surface area contributed by atoms with Gasteiger partial charge in [0.2, 0.25) is 21.8 Å². The molecule has 2 amide bonds. The van der Waals surface area contributed by atoms with Gasteiger partial charge < -0.3 is 10.6 Å². The summed E-state index contributed by atoms with van der Waals surface area (Å²) in [4.78, 5) is 23.5. The molecule has 0 unspecified atom stereocenters. The molecule has 0 radical (unpaired) electrons. The van der Waals surface area contributed by atoms with Crippen LogP contribution in [0.3, 0.4) is 0 Å². The van der Waals surface area contributed by atoms with Gasteiger partial charge in [-0.05, 0) is 24.3 Å². The number of carbonyl (C=O) groups is 2. The van der Waals surface area contributed by atoms with E-state index in [-0.39, 0.29) is 18.0 Å². The highest BCUT2D eigenvalue weighted by Gasteiger charge is 2.28. The van der Waals surface area contributed by atoms with Gasteiger partial charge in [-0.3, -0.25) is 9.59 Å². The number of benzene rings is 1. The van der Waals surface area contributed by atoms with Crippen LogP contribution in [0, 0.1) is 5.82 Å². The summed E-state index contributed by atoms with van der Waals surface area (Å²) in [5, 5.41) is 4.88. The fraction of sp³-hybridized carbons (Fsp3) is 0.250. The molecule has 0 aliphatic heterocycles. The molecule has 7 nitrogen and oxygen atoms in total. The van der Waals surface area contributed by atoms with Crippen molar-refractivity contribution in [3.05, 3.63) is 55.4 Å². The third-order valence-corrected chi connectivity index (χ3v) is 4.78. The summed E-state index contributed by atoms with van der Waals surface area (Å²) >= 11 is 0. The lowest BCUT2D eigenvalue weighted by molar-refractivity contribution is -0.123. The van der Waals surface area contributed by atoms with Crippen LogP contribution in [0.5, 0.6) is 0 Å². The minimum atomic E-state index is -4.16. The summed E-state index contributed by atoms with van der Waals surface area (Å²) in [6.45, 7) is 6.08.